The molecule has 1 saturated heterocycles. The summed E-state index contributed by atoms with van der Waals surface area (Å²) in [5, 5.41) is 3.38. The summed E-state index contributed by atoms with van der Waals surface area (Å²) >= 11 is 5.95. The molecule has 0 saturated carbocycles. The number of hydrogen-bond acceptors (Lipinski definition) is 3. The molecule has 6 heteroatoms. The summed E-state index contributed by atoms with van der Waals surface area (Å²) in [4.78, 5) is 14.0. The van der Waals surface area contributed by atoms with Crippen molar-refractivity contribution in [3.05, 3.63) is 23.2 Å². The van der Waals surface area contributed by atoms with E-state index in [9.17, 15) is 4.79 Å². The third-order valence-electron chi connectivity index (χ3n) is 3.11. The normalized spacial score (nSPS) is 22.5. The third kappa shape index (κ3) is 3.55. The first-order valence-electron chi connectivity index (χ1n) is 6.54. The van der Waals surface area contributed by atoms with Gasteiger partial charge in [0.1, 0.15) is 5.75 Å². The van der Waals surface area contributed by atoms with Gasteiger partial charge < -0.3 is 19.7 Å². The Morgan fingerprint density at radius 2 is 2.05 bits per heavy atom. The van der Waals surface area contributed by atoms with E-state index in [0.29, 0.717) is 29.5 Å². The average Bonchev–Trinajstić information content (AvgIpc) is 2.37. The van der Waals surface area contributed by atoms with Crippen molar-refractivity contribution in [3.63, 3.8) is 0 Å². The van der Waals surface area contributed by atoms with Gasteiger partial charge in [-0.2, -0.15) is 0 Å². The van der Waals surface area contributed by atoms with Gasteiger partial charge in [-0.1, -0.05) is 11.6 Å². The van der Waals surface area contributed by atoms with Crippen LogP contribution in [-0.4, -0.2) is 43.3 Å². The van der Waals surface area contributed by atoms with E-state index < -0.39 is 0 Å². The molecule has 0 aromatic heterocycles. The van der Waals surface area contributed by atoms with Crippen LogP contribution in [0, 0.1) is 0 Å². The quantitative estimate of drug-likeness (QED) is 0.913. The van der Waals surface area contributed by atoms with Crippen molar-refractivity contribution in [2.24, 2.45) is 0 Å². The molecule has 5 nitrogen and oxygen atoms in total. The molecule has 2 atom stereocenters. The molecule has 1 N–H and O–H groups in total. The maximum Gasteiger partial charge on any atom is 0.322 e. The fourth-order valence-electron chi connectivity index (χ4n) is 2.32. The van der Waals surface area contributed by atoms with Gasteiger partial charge in [0, 0.05) is 18.1 Å². The number of hydrogen-bond donors (Lipinski definition) is 1. The molecule has 0 radical (unpaired) electrons. The zero-order valence-electron chi connectivity index (χ0n) is 11.9. The Kier molecular flexibility index (Phi) is 4.73. The number of nitrogens with zero attached hydrogens (tertiary/aromatic N) is 1. The number of urea groups is 1. The van der Waals surface area contributed by atoms with Crippen molar-refractivity contribution < 1.29 is 14.3 Å². The molecule has 1 fully saturated rings. The van der Waals surface area contributed by atoms with E-state index in [1.165, 1.54) is 0 Å². The van der Waals surface area contributed by atoms with Crippen LogP contribution in [0.5, 0.6) is 5.75 Å². The molecule has 0 aliphatic carbocycles. The summed E-state index contributed by atoms with van der Waals surface area (Å²) in [7, 11) is 1.55. The monoisotopic (exact) mass is 298 g/mol. The maximum atomic E-state index is 12.3. The van der Waals surface area contributed by atoms with Gasteiger partial charge in [0.05, 0.1) is 25.0 Å². The topological polar surface area (TPSA) is 50.8 Å². The van der Waals surface area contributed by atoms with Crippen LogP contribution in [0.25, 0.3) is 0 Å². The molecule has 2 rings (SSSR count). The van der Waals surface area contributed by atoms with E-state index in [2.05, 4.69) is 5.32 Å². The summed E-state index contributed by atoms with van der Waals surface area (Å²) in [5.74, 6) is 0.581. The molecule has 20 heavy (non-hydrogen) atoms. The number of halogens is 1. The van der Waals surface area contributed by atoms with Crippen LogP contribution >= 0.6 is 11.6 Å². The number of anilines is 1. The predicted octanol–water partition coefficient (Wildman–Crippen LogP) is 2.99. The van der Waals surface area contributed by atoms with Gasteiger partial charge in [0.25, 0.3) is 0 Å². The third-order valence-corrected chi connectivity index (χ3v) is 3.35. The Bertz CT molecular complexity index is 485. The van der Waals surface area contributed by atoms with Crippen molar-refractivity contribution in [1.82, 2.24) is 4.90 Å². The van der Waals surface area contributed by atoms with Crippen LogP contribution in [0.2, 0.25) is 5.02 Å². The van der Waals surface area contributed by atoms with E-state index in [1.807, 2.05) is 13.8 Å². The Morgan fingerprint density at radius 3 is 2.65 bits per heavy atom. The number of amides is 2. The highest BCUT2D eigenvalue weighted by molar-refractivity contribution is 6.31. The molecule has 110 valence electrons. The van der Waals surface area contributed by atoms with Crippen molar-refractivity contribution in [2.75, 3.05) is 25.5 Å². The standard InChI is InChI=1S/C14H19ClN2O3/c1-9-7-17(8-10(2)20-9)14(18)16-12-6-11(15)4-5-13(12)19-3/h4-6,9-10H,7-8H2,1-3H3,(H,16,18)/t9-,10-/m0/s1. The van der Waals surface area contributed by atoms with Crippen molar-refractivity contribution in [2.45, 2.75) is 26.1 Å². The van der Waals surface area contributed by atoms with Crippen LogP contribution in [0.4, 0.5) is 10.5 Å². The summed E-state index contributed by atoms with van der Waals surface area (Å²) in [6.45, 7) is 5.05. The lowest BCUT2D eigenvalue weighted by Crippen LogP contribution is -2.49. The predicted molar refractivity (Wildman–Crippen MR) is 78.6 cm³/mol. The molecule has 1 heterocycles. The van der Waals surface area contributed by atoms with Crippen LogP contribution in [0.1, 0.15) is 13.8 Å². The van der Waals surface area contributed by atoms with E-state index >= 15 is 0 Å². The minimum atomic E-state index is -0.174. The minimum absolute atomic E-state index is 0.0331. The van der Waals surface area contributed by atoms with Gasteiger partial charge in [-0.3, -0.25) is 0 Å². The maximum absolute atomic E-state index is 12.3. The van der Waals surface area contributed by atoms with Crippen molar-refractivity contribution >= 4 is 23.3 Å². The van der Waals surface area contributed by atoms with Crippen LogP contribution < -0.4 is 10.1 Å². The van der Waals surface area contributed by atoms with Crippen LogP contribution in [0.15, 0.2) is 18.2 Å². The van der Waals surface area contributed by atoms with E-state index in [4.69, 9.17) is 21.1 Å². The summed E-state index contributed by atoms with van der Waals surface area (Å²) < 4.78 is 10.8. The minimum Gasteiger partial charge on any atom is -0.495 e. The summed E-state index contributed by atoms with van der Waals surface area (Å²) in [5.41, 5.74) is 0.566. The fourth-order valence-corrected chi connectivity index (χ4v) is 2.49. The SMILES string of the molecule is COc1ccc(Cl)cc1NC(=O)N1C[C@H](C)O[C@@H](C)C1. The molecule has 0 bridgehead atoms. The van der Waals surface area contributed by atoms with Gasteiger partial charge in [-0.05, 0) is 32.0 Å². The van der Waals surface area contributed by atoms with Crippen LogP contribution in [-0.2, 0) is 4.74 Å². The van der Waals surface area contributed by atoms with Crippen molar-refractivity contribution in [1.29, 1.82) is 0 Å². The first-order chi connectivity index (χ1) is 9.49. The number of ether oxygens (including phenoxy) is 2. The van der Waals surface area contributed by atoms with E-state index in [1.54, 1.807) is 30.2 Å². The lowest BCUT2D eigenvalue weighted by atomic mass is 10.2. The highest BCUT2D eigenvalue weighted by Crippen LogP contribution is 2.28. The Balaban J connectivity index is 2.09. The number of carbonyl (C=O) groups excluding carboxylic acids is 1. The summed E-state index contributed by atoms with van der Waals surface area (Å²) in [6.07, 6.45) is 0.0662. The second-order valence-electron chi connectivity index (χ2n) is 4.94. The number of rotatable bonds is 2. The highest BCUT2D eigenvalue weighted by atomic mass is 35.5. The molecule has 0 unspecified atom stereocenters. The van der Waals surface area contributed by atoms with Gasteiger partial charge >= 0.3 is 6.03 Å². The van der Waals surface area contributed by atoms with Gasteiger partial charge in [0.15, 0.2) is 0 Å². The van der Waals surface area contributed by atoms with Crippen LogP contribution in [0.3, 0.4) is 0 Å². The number of nitrogens with one attached hydrogen (secondary N) is 1. The zero-order chi connectivity index (χ0) is 14.7. The zero-order valence-corrected chi connectivity index (χ0v) is 12.6. The first kappa shape index (κ1) is 14.9. The van der Waals surface area contributed by atoms with E-state index in [-0.39, 0.29) is 18.2 Å². The second-order valence-corrected chi connectivity index (χ2v) is 5.37. The van der Waals surface area contributed by atoms with Gasteiger partial charge in [0.2, 0.25) is 0 Å². The number of methoxy groups -OCH3 is 1. The number of carbonyl (C=O) groups is 1. The second kappa shape index (κ2) is 6.33. The highest BCUT2D eigenvalue weighted by Gasteiger charge is 2.26. The molecular formula is C14H19ClN2O3. The fraction of sp³-hybridized carbons (Fsp3) is 0.500. The average molecular weight is 299 g/mol. The van der Waals surface area contributed by atoms with E-state index in [0.717, 1.165) is 0 Å². The smallest absolute Gasteiger partial charge is 0.322 e. The lowest BCUT2D eigenvalue weighted by molar-refractivity contribution is -0.0530. The molecule has 0 spiro atoms. The number of benzene rings is 1. The Labute approximate surface area is 123 Å². The molecule has 1 aliphatic heterocycles. The summed E-state index contributed by atoms with van der Waals surface area (Å²) in [6, 6.07) is 4.94. The molecule has 2 amide bonds. The first-order valence-corrected chi connectivity index (χ1v) is 6.92. The molecular weight excluding hydrogens is 280 g/mol. The largest absolute Gasteiger partial charge is 0.495 e. The van der Waals surface area contributed by atoms with Gasteiger partial charge in [-0.15, -0.1) is 0 Å². The van der Waals surface area contributed by atoms with Crippen molar-refractivity contribution in [3.8, 4) is 5.75 Å². The molecule has 1 aliphatic rings. The number of morpholine rings is 1. The van der Waals surface area contributed by atoms with Gasteiger partial charge in [-0.25, -0.2) is 4.79 Å². The Hall–Kier alpha value is -1.46. The molecule has 1 aromatic carbocycles. The Morgan fingerprint density at radius 1 is 1.40 bits per heavy atom. The molecule has 1 aromatic rings. The lowest BCUT2D eigenvalue weighted by Gasteiger charge is -2.35.